The summed E-state index contributed by atoms with van der Waals surface area (Å²) in [6, 6.07) is 17.2. The first kappa shape index (κ1) is 16.6. The third-order valence-corrected chi connectivity index (χ3v) is 4.26. The Balaban J connectivity index is 1.73. The number of ether oxygens (including phenoxy) is 1. The Morgan fingerprint density at radius 1 is 1.08 bits per heavy atom. The van der Waals surface area contributed by atoms with Crippen molar-refractivity contribution in [3.8, 4) is 0 Å². The fourth-order valence-corrected chi connectivity index (χ4v) is 3.13. The molecule has 0 aromatic heterocycles. The molecule has 0 N–H and O–H groups in total. The molecule has 1 saturated heterocycles. The van der Waals surface area contributed by atoms with E-state index < -0.39 is 0 Å². The number of hydrogen-bond acceptors (Lipinski definition) is 4. The molecule has 1 fully saturated rings. The zero-order chi connectivity index (χ0) is 16.8. The highest BCUT2D eigenvalue weighted by Gasteiger charge is 2.20. The highest BCUT2D eigenvalue weighted by Crippen LogP contribution is 2.19. The molecule has 24 heavy (non-hydrogen) atoms. The van der Waals surface area contributed by atoms with Gasteiger partial charge in [-0.05, 0) is 24.0 Å². The minimum atomic E-state index is -0.342. The summed E-state index contributed by atoms with van der Waals surface area (Å²) in [7, 11) is 0. The summed E-state index contributed by atoms with van der Waals surface area (Å²) in [5, 5.41) is 11.0. The quantitative estimate of drug-likeness (QED) is 0.574. The molecular formula is C19H22N2O3. The summed E-state index contributed by atoms with van der Waals surface area (Å²) in [4.78, 5) is 12.9. The van der Waals surface area contributed by atoms with Gasteiger partial charge in [0.15, 0.2) is 0 Å². The van der Waals surface area contributed by atoms with E-state index in [0.717, 1.165) is 38.1 Å². The Morgan fingerprint density at radius 2 is 1.83 bits per heavy atom. The van der Waals surface area contributed by atoms with Crippen molar-refractivity contribution in [1.82, 2.24) is 4.90 Å². The summed E-state index contributed by atoms with van der Waals surface area (Å²) >= 11 is 0. The van der Waals surface area contributed by atoms with Crippen molar-refractivity contribution in [3.05, 3.63) is 75.8 Å². The Hall–Kier alpha value is -2.24. The summed E-state index contributed by atoms with van der Waals surface area (Å²) < 4.78 is 5.77. The number of nitro groups is 1. The minimum absolute atomic E-state index is 0.143. The lowest BCUT2D eigenvalue weighted by Crippen LogP contribution is -2.31. The zero-order valence-corrected chi connectivity index (χ0v) is 13.6. The summed E-state index contributed by atoms with van der Waals surface area (Å²) in [5.41, 5.74) is 2.34. The topological polar surface area (TPSA) is 55.6 Å². The van der Waals surface area contributed by atoms with Crippen LogP contribution in [-0.2, 0) is 17.8 Å². The predicted molar refractivity (Wildman–Crippen MR) is 92.6 cm³/mol. The average molecular weight is 326 g/mol. The Morgan fingerprint density at radius 3 is 2.54 bits per heavy atom. The molecule has 3 rings (SSSR count). The first-order chi connectivity index (χ1) is 11.7. The van der Waals surface area contributed by atoms with E-state index in [0.29, 0.717) is 6.54 Å². The van der Waals surface area contributed by atoms with Crippen LogP contribution in [0, 0.1) is 10.1 Å². The molecular weight excluding hydrogens is 304 g/mol. The highest BCUT2D eigenvalue weighted by atomic mass is 16.6. The van der Waals surface area contributed by atoms with Crippen molar-refractivity contribution in [2.45, 2.75) is 32.0 Å². The van der Waals surface area contributed by atoms with E-state index in [4.69, 9.17) is 4.74 Å². The molecule has 0 spiro atoms. The molecule has 2 aromatic carbocycles. The van der Waals surface area contributed by atoms with Crippen LogP contribution in [0.25, 0.3) is 0 Å². The van der Waals surface area contributed by atoms with Crippen LogP contribution in [0.5, 0.6) is 0 Å². The third kappa shape index (κ3) is 4.63. The molecule has 1 unspecified atom stereocenters. The van der Waals surface area contributed by atoms with Gasteiger partial charge in [0.1, 0.15) is 0 Å². The van der Waals surface area contributed by atoms with Gasteiger partial charge in [0.2, 0.25) is 0 Å². The van der Waals surface area contributed by atoms with E-state index in [1.807, 2.05) is 24.3 Å². The van der Waals surface area contributed by atoms with Crippen molar-refractivity contribution >= 4 is 5.69 Å². The van der Waals surface area contributed by atoms with Gasteiger partial charge in [-0.1, -0.05) is 42.5 Å². The summed E-state index contributed by atoms with van der Waals surface area (Å²) in [6.45, 7) is 3.16. The molecule has 0 aliphatic carbocycles. The Labute approximate surface area is 142 Å². The lowest BCUT2D eigenvalue weighted by molar-refractivity contribution is -0.384. The minimum Gasteiger partial charge on any atom is -0.377 e. The lowest BCUT2D eigenvalue weighted by Gasteiger charge is -2.25. The van der Waals surface area contributed by atoms with Gasteiger partial charge < -0.3 is 4.74 Å². The van der Waals surface area contributed by atoms with Crippen molar-refractivity contribution in [2.75, 3.05) is 13.2 Å². The lowest BCUT2D eigenvalue weighted by atomic mass is 10.1. The number of nitro benzene ring substituents is 1. The zero-order valence-electron chi connectivity index (χ0n) is 13.6. The van der Waals surface area contributed by atoms with E-state index in [1.54, 1.807) is 12.1 Å². The van der Waals surface area contributed by atoms with Gasteiger partial charge in [-0.15, -0.1) is 0 Å². The molecule has 1 aliphatic rings. The molecule has 0 bridgehead atoms. The first-order valence-electron chi connectivity index (χ1n) is 8.32. The van der Waals surface area contributed by atoms with Crippen LogP contribution in [0.15, 0.2) is 54.6 Å². The van der Waals surface area contributed by atoms with E-state index in [-0.39, 0.29) is 16.7 Å². The van der Waals surface area contributed by atoms with Crippen LogP contribution >= 0.6 is 0 Å². The van der Waals surface area contributed by atoms with Crippen LogP contribution in [0.3, 0.4) is 0 Å². The van der Waals surface area contributed by atoms with E-state index in [1.165, 1.54) is 11.6 Å². The summed E-state index contributed by atoms with van der Waals surface area (Å²) in [5.74, 6) is 0. The SMILES string of the molecule is O=[N+]([O-])c1cccc(CN(Cc2ccccc2)CC2CCCO2)c1. The molecule has 0 amide bonds. The fraction of sp³-hybridized carbons (Fsp3) is 0.368. The molecule has 126 valence electrons. The maximum absolute atomic E-state index is 11.0. The normalized spacial score (nSPS) is 17.3. The number of hydrogen-bond donors (Lipinski definition) is 0. The van der Waals surface area contributed by atoms with E-state index in [2.05, 4.69) is 17.0 Å². The van der Waals surface area contributed by atoms with Gasteiger partial charge in [0.25, 0.3) is 5.69 Å². The largest absolute Gasteiger partial charge is 0.377 e. The Kier molecular flexibility index (Phi) is 5.56. The molecule has 0 radical (unpaired) electrons. The molecule has 5 nitrogen and oxygen atoms in total. The van der Waals surface area contributed by atoms with Gasteiger partial charge in [-0.3, -0.25) is 15.0 Å². The molecule has 2 aromatic rings. The third-order valence-electron chi connectivity index (χ3n) is 4.26. The van der Waals surface area contributed by atoms with Crippen LogP contribution in [-0.4, -0.2) is 29.1 Å². The molecule has 5 heteroatoms. The number of non-ortho nitro benzene ring substituents is 1. The van der Waals surface area contributed by atoms with Crippen LogP contribution in [0.1, 0.15) is 24.0 Å². The Bertz CT molecular complexity index is 669. The second-order valence-electron chi connectivity index (χ2n) is 6.22. The number of benzene rings is 2. The smallest absolute Gasteiger partial charge is 0.269 e. The van der Waals surface area contributed by atoms with Gasteiger partial charge in [-0.25, -0.2) is 0 Å². The molecule has 0 saturated carbocycles. The average Bonchev–Trinajstić information content (AvgIpc) is 3.09. The summed E-state index contributed by atoms with van der Waals surface area (Å²) in [6.07, 6.45) is 2.45. The molecule has 1 aliphatic heterocycles. The second-order valence-corrected chi connectivity index (χ2v) is 6.22. The van der Waals surface area contributed by atoms with Gasteiger partial charge in [0.05, 0.1) is 11.0 Å². The molecule has 1 heterocycles. The maximum atomic E-state index is 11.0. The van der Waals surface area contributed by atoms with Gasteiger partial charge in [-0.2, -0.15) is 0 Å². The standard InChI is InChI=1S/C19H22N2O3/c22-21(23)18-9-4-8-17(12-18)14-20(15-19-10-5-11-24-19)13-16-6-2-1-3-7-16/h1-4,6-9,12,19H,5,10-11,13-15H2. The van der Waals surface area contributed by atoms with Crippen molar-refractivity contribution in [2.24, 2.45) is 0 Å². The van der Waals surface area contributed by atoms with Gasteiger partial charge >= 0.3 is 0 Å². The monoisotopic (exact) mass is 326 g/mol. The maximum Gasteiger partial charge on any atom is 0.269 e. The van der Waals surface area contributed by atoms with E-state index >= 15 is 0 Å². The van der Waals surface area contributed by atoms with E-state index in [9.17, 15) is 10.1 Å². The number of rotatable bonds is 7. The second kappa shape index (κ2) is 8.04. The predicted octanol–water partition coefficient (Wildman–Crippen LogP) is 3.78. The van der Waals surface area contributed by atoms with Crippen molar-refractivity contribution in [3.63, 3.8) is 0 Å². The van der Waals surface area contributed by atoms with Crippen LogP contribution < -0.4 is 0 Å². The molecule has 1 atom stereocenters. The van der Waals surface area contributed by atoms with Crippen LogP contribution in [0.4, 0.5) is 5.69 Å². The highest BCUT2D eigenvalue weighted by molar-refractivity contribution is 5.34. The first-order valence-corrected chi connectivity index (χ1v) is 8.32. The van der Waals surface area contributed by atoms with Crippen molar-refractivity contribution < 1.29 is 9.66 Å². The fourth-order valence-electron chi connectivity index (χ4n) is 3.13. The van der Waals surface area contributed by atoms with Crippen molar-refractivity contribution in [1.29, 1.82) is 0 Å². The van der Waals surface area contributed by atoms with Crippen LogP contribution in [0.2, 0.25) is 0 Å². The number of nitrogens with zero attached hydrogens (tertiary/aromatic N) is 2. The van der Waals surface area contributed by atoms with Gasteiger partial charge in [0, 0.05) is 38.4 Å².